The van der Waals surface area contributed by atoms with Gasteiger partial charge in [-0.15, -0.1) is 0 Å². The van der Waals surface area contributed by atoms with E-state index in [-0.39, 0.29) is 36.4 Å². The third-order valence-corrected chi connectivity index (χ3v) is 20.1. The number of H-pyrrole nitrogens is 3. The van der Waals surface area contributed by atoms with Crippen molar-refractivity contribution in [1.29, 1.82) is 0 Å². The van der Waals surface area contributed by atoms with Crippen LogP contribution in [0.4, 0.5) is 20.1 Å². The number of anilines is 1. The minimum atomic E-state index is -0.971. The average molecular weight is 1230 g/mol. The molecule has 4 N–H and O–H groups in total. The molecule has 6 fully saturated rings. The summed E-state index contributed by atoms with van der Waals surface area (Å²) in [6.45, 7) is 12.7. The highest BCUT2D eigenvalue weighted by Gasteiger charge is 2.46. The second-order valence-corrected chi connectivity index (χ2v) is 25.7. The van der Waals surface area contributed by atoms with Crippen LogP contribution in [0, 0.1) is 13.8 Å². The number of aryl methyl sites for hydroxylation is 2. The van der Waals surface area contributed by atoms with Crippen molar-refractivity contribution in [2.75, 3.05) is 83.9 Å². The summed E-state index contributed by atoms with van der Waals surface area (Å²) in [6.07, 6.45) is 10.6. The lowest BCUT2D eigenvalue weighted by molar-refractivity contribution is -0.143. The van der Waals surface area contributed by atoms with Crippen molar-refractivity contribution in [3.05, 3.63) is 111 Å². The number of nitrogens with zero attached hydrogens (tertiary/aromatic N) is 11. The molecule has 10 heterocycles. The van der Waals surface area contributed by atoms with E-state index >= 15 is 0 Å². The van der Waals surface area contributed by atoms with Gasteiger partial charge in [0.15, 0.2) is 12.2 Å². The maximum atomic E-state index is 14.0. The molecule has 4 aromatic carbocycles. The zero-order valence-corrected chi connectivity index (χ0v) is 51.7. The van der Waals surface area contributed by atoms with Gasteiger partial charge in [0.05, 0.1) is 16.7 Å². The summed E-state index contributed by atoms with van der Waals surface area (Å²) >= 11 is 0. The number of fused-ring (bicyclic) bond motifs is 5. The number of nitrogens with one attached hydrogen (secondary N) is 4. The molecule has 0 saturated carbocycles. The number of benzene rings is 4. The van der Waals surface area contributed by atoms with E-state index in [4.69, 9.17) is 14.2 Å². The molecule has 7 aliphatic heterocycles. The van der Waals surface area contributed by atoms with Crippen molar-refractivity contribution >= 4 is 68.9 Å². The Morgan fingerprint density at radius 1 is 0.556 bits per heavy atom. The first kappa shape index (κ1) is 60.5. The largest absolute Gasteiger partial charge is 0.438 e. The number of likely N-dealkylation sites (tertiary alicyclic amines) is 6. The summed E-state index contributed by atoms with van der Waals surface area (Å²) in [6, 6.07) is 24.1. The van der Waals surface area contributed by atoms with Gasteiger partial charge in [-0.3, -0.25) is 19.5 Å². The SMILES string of the molecule is Cc1cc(CC(OC(=O)N2CCC(n3c(=O)[nH]c4ccccc43)CC2)C(=O)N2CCC(N3CCCCC3)CC2)cc2n[nH]nc12.Cc1cc(CC(OC(=O)N2CCC3(CC2)OC(=O)Nc2ccccc23)C(=O)N2CCC(N3CCCCC3)CC2)cc2n[nH]nc12. The highest BCUT2D eigenvalue weighted by Crippen LogP contribution is 2.44. The second-order valence-electron chi connectivity index (χ2n) is 25.7. The highest BCUT2D eigenvalue weighted by molar-refractivity contribution is 5.89. The number of amides is 5. The van der Waals surface area contributed by atoms with Crippen LogP contribution in [0.5, 0.6) is 0 Å². The predicted molar refractivity (Wildman–Crippen MR) is 337 cm³/mol. The van der Waals surface area contributed by atoms with Gasteiger partial charge in [0, 0.05) is 102 Å². The molecule has 24 nitrogen and oxygen atoms in total. The van der Waals surface area contributed by atoms with Gasteiger partial charge in [-0.2, -0.15) is 30.8 Å². The molecule has 1 spiro atoms. The number of hydrogen-bond acceptors (Lipinski definition) is 15. The van der Waals surface area contributed by atoms with Crippen LogP contribution in [-0.2, 0) is 42.2 Å². The lowest BCUT2D eigenvalue weighted by Crippen LogP contribution is -2.53. The fourth-order valence-electron chi connectivity index (χ4n) is 15.2. The third kappa shape index (κ3) is 13.0. The van der Waals surface area contributed by atoms with Crippen molar-refractivity contribution in [3.63, 3.8) is 0 Å². The number of piperidine rings is 6. The zero-order chi connectivity index (χ0) is 61.9. The summed E-state index contributed by atoms with van der Waals surface area (Å²) < 4.78 is 19.8. The van der Waals surface area contributed by atoms with Crippen molar-refractivity contribution < 1.29 is 38.2 Å². The molecule has 6 saturated heterocycles. The van der Waals surface area contributed by atoms with Crippen molar-refractivity contribution in [3.8, 4) is 0 Å². The summed E-state index contributed by atoms with van der Waals surface area (Å²) in [4.78, 5) is 95.5. The number of carbonyl (C=O) groups is 5. The number of aromatic nitrogens is 8. The molecule has 7 aliphatic rings. The Bertz CT molecular complexity index is 3780. The Hall–Kier alpha value is -8.38. The van der Waals surface area contributed by atoms with E-state index in [0.29, 0.717) is 95.6 Å². The Morgan fingerprint density at radius 2 is 1.02 bits per heavy atom. The van der Waals surface area contributed by atoms with Gasteiger partial charge in [-0.25, -0.2) is 19.2 Å². The van der Waals surface area contributed by atoms with Crippen LogP contribution in [0.15, 0.2) is 77.6 Å². The molecule has 14 rings (SSSR count). The third-order valence-electron chi connectivity index (χ3n) is 20.1. The number of para-hydroxylation sites is 3. The summed E-state index contributed by atoms with van der Waals surface area (Å²) in [7, 11) is 0. The maximum absolute atomic E-state index is 14.0. The quantitative estimate of drug-likeness (QED) is 0.0891. The monoisotopic (exact) mass is 1230 g/mol. The lowest BCUT2D eigenvalue weighted by Gasteiger charge is -2.44. The number of imidazole rings is 1. The van der Waals surface area contributed by atoms with E-state index in [2.05, 4.69) is 50.9 Å². The Morgan fingerprint density at radius 3 is 1.56 bits per heavy atom. The van der Waals surface area contributed by atoms with E-state index in [0.717, 1.165) is 113 Å². The Labute approximate surface area is 522 Å². The van der Waals surface area contributed by atoms with E-state index in [1.54, 1.807) is 14.4 Å². The van der Waals surface area contributed by atoms with Crippen LogP contribution >= 0.6 is 0 Å². The Balaban J connectivity index is 0.000000165. The van der Waals surface area contributed by atoms with E-state index in [1.807, 2.05) is 96.4 Å². The summed E-state index contributed by atoms with van der Waals surface area (Å²) in [5.41, 5.74) is 9.03. The van der Waals surface area contributed by atoms with Gasteiger partial charge in [0.25, 0.3) is 11.8 Å². The maximum Gasteiger partial charge on any atom is 0.412 e. The number of ether oxygens (including phenoxy) is 3. The smallest absolute Gasteiger partial charge is 0.412 e. The van der Waals surface area contributed by atoms with Crippen LogP contribution in [0.1, 0.15) is 124 Å². The minimum Gasteiger partial charge on any atom is -0.438 e. The second kappa shape index (κ2) is 26.6. The number of aromatic amines is 3. The fourth-order valence-corrected chi connectivity index (χ4v) is 15.2. The molecule has 5 amide bonds. The molecule has 2 unspecified atom stereocenters. The molecule has 0 aliphatic carbocycles. The summed E-state index contributed by atoms with van der Waals surface area (Å²) in [5, 5.41) is 25.0. The van der Waals surface area contributed by atoms with Crippen LogP contribution in [0.3, 0.4) is 0 Å². The van der Waals surface area contributed by atoms with Gasteiger partial charge < -0.3 is 48.6 Å². The molecule has 476 valence electrons. The summed E-state index contributed by atoms with van der Waals surface area (Å²) in [5.74, 6) is -0.299. The van der Waals surface area contributed by atoms with Gasteiger partial charge in [-0.05, 0) is 157 Å². The molecule has 90 heavy (non-hydrogen) atoms. The van der Waals surface area contributed by atoms with E-state index in [1.165, 1.54) is 38.5 Å². The van der Waals surface area contributed by atoms with Gasteiger partial charge in [0.1, 0.15) is 27.7 Å². The zero-order valence-electron chi connectivity index (χ0n) is 51.7. The van der Waals surface area contributed by atoms with Crippen LogP contribution < -0.4 is 11.0 Å². The van der Waals surface area contributed by atoms with Gasteiger partial charge >= 0.3 is 24.0 Å². The van der Waals surface area contributed by atoms with Crippen LogP contribution in [0.2, 0.25) is 0 Å². The average Bonchev–Trinajstić information content (AvgIpc) is 1.01. The molecular weight excluding hydrogens is 1150 g/mol. The molecule has 0 bridgehead atoms. The van der Waals surface area contributed by atoms with E-state index < -0.39 is 36.1 Å². The standard InChI is InChI=1S/C33H42N8O4.C33H41N7O5/c1-22-19-23(20-27-30(22)36-37-35-27)21-29(31(42)39-15-9-24(10-16-39)38-13-5-2-6-14-38)45-33(44)40-17-11-25(12-18-40)41-28-8-4-3-7-26(28)34-32(41)43;1-22-19-23(20-27-29(22)36-37-35-27)21-28(30(41)39-15-9-24(10-16-39)38-13-5-2-6-14-38)44-32(43)40-17-11-33(12-18-40)25-7-3-4-8-26(25)34-31(42)45-33/h3-4,7-8,19-20,24-25,29H,2,5-6,9-18,21H2,1H3,(H,34,43)(H,35,36,37);3-4,7-8,19-20,24,28H,2,5-6,9-18,21H2,1H3,(H,34,42)(H,35,36,37). The molecule has 3 aromatic heterocycles. The van der Waals surface area contributed by atoms with Crippen molar-refractivity contribution in [2.24, 2.45) is 0 Å². The molecule has 0 radical (unpaired) electrons. The molecular formula is C66H83N15O9. The Kier molecular flexibility index (Phi) is 17.9. The molecule has 24 heteroatoms. The molecule has 2 atom stereocenters. The topological polar surface area (TPSA) is 265 Å². The van der Waals surface area contributed by atoms with Crippen molar-refractivity contribution in [1.82, 2.24) is 69.8 Å². The van der Waals surface area contributed by atoms with Gasteiger partial charge in [0.2, 0.25) is 0 Å². The molecule has 7 aromatic rings. The van der Waals surface area contributed by atoms with Crippen LogP contribution in [-0.4, -0.2) is 203 Å². The number of hydrogen-bond donors (Lipinski definition) is 4. The normalized spacial score (nSPS) is 20.5. The number of rotatable bonds is 11. The predicted octanol–water partition coefficient (Wildman–Crippen LogP) is 8.12. The minimum absolute atomic E-state index is 0.0199. The first-order valence-electron chi connectivity index (χ1n) is 32.7. The van der Waals surface area contributed by atoms with Crippen molar-refractivity contribution in [2.45, 2.75) is 153 Å². The van der Waals surface area contributed by atoms with Crippen LogP contribution in [0.25, 0.3) is 33.1 Å². The fraction of sp³-hybridized carbons (Fsp3) is 0.545. The first-order valence-corrected chi connectivity index (χ1v) is 32.7. The van der Waals surface area contributed by atoms with E-state index in [9.17, 15) is 28.8 Å². The highest BCUT2D eigenvalue weighted by atomic mass is 16.6. The lowest BCUT2D eigenvalue weighted by atomic mass is 9.82. The first-order chi connectivity index (χ1) is 43.8. The number of carbonyl (C=O) groups excluding carboxylic acids is 5. The van der Waals surface area contributed by atoms with Gasteiger partial charge in [-0.1, -0.05) is 55.3 Å².